The van der Waals surface area contributed by atoms with E-state index in [0.717, 1.165) is 12.8 Å². The molecule has 1 aliphatic carbocycles. The third-order valence-corrected chi connectivity index (χ3v) is 2.98. The maximum atomic E-state index is 10.8. The Kier molecular flexibility index (Phi) is 3.06. The summed E-state index contributed by atoms with van der Waals surface area (Å²) in [5.41, 5.74) is 5.62. The first-order valence-electron chi connectivity index (χ1n) is 4.88. The van der Waals surface area contributed by atoms with E-state index in [-0.39, 0.29) is 17.8 Å². The molecule has 0 bridgehead atoms. The van der Waals surface area contributed by atoms with Crippen molar-refractivity contribution < 1.29 is 4.92 Å². The van der Waals surface area contributed by atoms with Gasteiger partial charge in [-0.05, 0) is 28.8 Å². The predicted molar refractivity (Wildman–Crippen MR) is 63.2 cm³/mol. The number of nitrogens with zero attached hydrogens (tertiary/aromatic N) is 2. The fraction of sp³-hybridized carbons (Fsp3) is 0.444. The van der Waals surface area contributed by atoms with E-state index in [4.69, 9.17) is 5.73 Å². The first-order chi connectivity index (χ1) is 7.56. The van der Waals surface area contributed by atoms with Gasteiger partial charge >= 0.3 is 5.69 Å². The minimum absolute atomic E-state index is 0.0187. The maximum absolute atomic E-state index is 10.8. The molecular formula is C9H11BrN4O2. The Morgan fingerprint density at radius 1 is 1.62 bits per heavy atom. The molecule has 0 aliphatic heterocycles. The zero-order chi connectivity index (χ0) is 11.7. The van der Waals surface area contributed by atoms with E-state index in [1.165, 1.54) is 12.3 Å². The van der Waals surface area contributed by atoms with Crippen LogP contribution in [0.2, 0.25) is 0 Å². The number of nitrogens with two attached hydrogens (primary N) is 1. The lowest BCUT2D eigenvalue weighted by atomic mass is 9.88. The highest BCUT2D eigenvalue weighted by Crippen LogP contribution is 2.29. The van der Waals surface area contributed by atoms with Crippen molar-refractivity contribution >= 4 is 27.4 Å². The molecule has 1 aromatic heterocycles. The van der Waals surface area contributed by atoms with E-state index < -0.39 is 4.92 Å². The summed E-state index contributed by atoms with van der Waals surface area (Å²) in [6.07, 6.45) is 3.19. The lowest BCUT2D eigenvalue weighted by Gasteiger charge is -2.33. The van der Waals surface area contributed by atoms with Crippen molar-refractivity contribution in [1.82, 2.24) is 4.98 Å². The minimum Gasteiger partial charge on any atom is -0.361 e. The van der Waals surface area contributed by atoms with Crippen molar-refractivity contribution in [2.75, 3.05) is 5.32 Å². The SMILES string of the molecule is NC1CC(Nc2ncc(Br)cc2[N+](=O)[O-])C1. The standard InChI is InChI=1S/C9H11BrN4O2/c10-5-1-8(14(15)16)9(12-4-5)13-7-2-6(11)3-7/h1,4,6-7H,2-3,11H2,(H,12,13). The minimum atomic E-state index is -0.446. The molecule has 1 saturated carbocycles. The van der Waals surface area contributed by atoms with Crippen LogP contribution in [0.3, 0.4) is 0 Å². The summed E-state index contributed by atoms with van der Waals surface area (Å²) in [6, 6.07) is 1.84. The number of nitro groups is 1. The highest BCUT2D eigenvalue weighted by molar-refractivity contribution is 9.10. The smallest absolute Gasteiger partial charge is 0.312 e. The van der Waals surface area contributed by atoms with Crippen LogP contribution in [0.25, 0.3) is 0 Å². The molecular weight excluding hydrogens is 276 g/mol. The topological polar surface area (TPSA) is 94.1 Å². The molecule has 0 radical (unpaired) electrons. The molecule has 0 saturated heterocycles. The van der Waals surface area contributed by atoms with Gasteiger partial charge in [0, 0.05) is 28.8 Å². The Hall–Kier alpha value is -1.21. The Labute approximate surface area is 101 Å². The molecule has 1 heterocycles. The van der Waals surface area contributed by atoms with Gasteiger partial charge in [0.15, 0.2) is 0 Å². The monoisotopic (exact) mass is 286 g/mol. The van der Waals surface area contributed by atoms with E-state index in [9.17, 15) is 10.1 Å². The summed E-state index contributed by atoms with van der Waals surface area (Å²) in [5, 5.41) is 13.8. The van der Waals surface area contributed by atoms with Gasteiger partial charge < -0.3 is 11.1 Å². The normalized spacial score (nSPS) is 23.6. The zero-order valence-electron chi connectivity index (χ0n) is 8.39. The summed E-state index contributed by atoms with van der Waals surface area (Å²) in [4.78, 5) is 14.4. The van der Waals surface area contributed by atoms with E-state index in [0.29, 0.717) is 10.3 Å². The summed E-state index contributed by atoms with van der Waals surface area (Å²) in [7, 11) is 0. The molecule has 16 heavy (non-hydrogen) atoms. The number of aromatic nitrogens is 1. The van der Waals surface area contributed by atoms with Crippen molar-refractivity contribution in [3.8, 4) is 0 Å². The Bertz CT molecular complexity index is 420. The summed E-state index contributed by atoms with van der Waals surface area (Å²) >= 11 is 3.16. The number of hydrogen-bond donors (Lipinski definition) is 2. The molecule has 0 atom stereocenters. The number of halogens is 1. The van der Waals surface area contributed by atoms with Crippen LogP contribution in [0.15, 0.2) is 16.7 Å². The number of rotatable bonds is 3. The molecule has 2 rings (SSSR count). The van der Waals surface area contributed by atoms with Crippen molar-refractivity contribution in [3.05, 3.63) is 26.9 Å². The lowest BCUT2D eigenvalue weighted by Crippen LogP contribution is -2.44. The fourth-order valence-electron chi connectivity index (χ4n) is 1.65. The van der Waals surface area contributed by atoms with Crippen LogP contribution in [-0.4, -0.2) is 22.0 Å². The van der Waals surface area contributed by atoms with Crippen LogP contribution in [0.5, 0.6) is 0 Å². The predicted octanol–water partition coefficient (Wildman–Crippen LogP) is 1.65. The van der Waals surface area contributed by atoms with Crippen molar-refractivity contribution in [2.24, 2.45) is 5.73 Å². The molecule has 6 nitrogen and oxygen atoms in total. The van der Waals surface area contributed by atoms with E-state index >= 15 is 0 Å². The molecule has 0 unspecified atom stereocenters. The fourth-order valence-corrected chi connectivity index (χ4v) is 1.97. The summed E-state index contributed by atoms with van der Waals surface area (Å²) in [5.74, 6) is 0.310. The summed E-state index contributed by atoms with van der Waals surface area (Å²) < 4.78 is 0.593. The molecule has 3 N–H and O–H groups in total. The van der Waals surface area contributed by atoms with Gasteiger partial charge in [0.25, 0.3) is 0 Å². The van der Waals surface area contributed by atoms with Crippen LogP contribution in [0.4, 0.5) is 11.5 Å². The van der Waals surface area contributed by atoms with Crippen molar-refractivity contribution in [2.45, 2.75) is 24.9 Å². The van der Waals surface area contributed by atoms with E-state index in [1.54, 1.807) is 0 Å². The van der Waals surface area contributed by atoms with Gasteiger partial charge in [0.05, 0.1) is 4.92 Å². The van der Waals surface area contributed by atoms with Gasteiger partial charge in [-0.25, -0.2) is 4.98 Å². The van der Waals surface area contributed by atoms with Crippen LogP contribution in [0.1, 0.15) is 12.8 Å². The first kappa shape index (κ1) is 11.3. The number of hydrogen-bond acceptors (Lipinski definition) is 5. The first-order valence-corrected chi connectivity index (χ1v) is 5.67. The van der Waals surface area contributed by atoms with Crippen LogP contribution >= 0.6 is 15.9 Å². The van der Waals surface area contributed by atoms with E-state index in [2.05, 4.69) is 26.2 Å². The molecule has 1 fully saturated rings. The van der Waals surface area contributed by atoms with Gasteiger partial charge in [-0.3, -0.25) is 10.1 Å². The van der Waals surface area contributed by atoms with Crippen LogP contribution < -0.4 is 11.1 Å². The number of anilines is 1. The Morgan fingerprint density at radius 3 is 2.88 bits per heavy atom. The zero-order valence-corrected chi connectivity index (χ0v) is 9.98. The molecule has 1 aliphatic rings. The lowest BCUT2D eigenvalue weighted by molar-refractivity contribution is -0.384. The van der Waals surface area contributed by atoms with E-state index in [1.807, 2.05) is 0 Å². The molecule has 0 spiro atoms. The molecule has 7 heteroatoms. The van der Waals surface area contributed by atoms with Crippen LogP contribution in [0, 0.1) is 10.1 Å². The number of pyridine rings is 1. The van der Waals surface area contributed by atoms with Crippen molar-refractivity contribution in [1.29, 1.82) is 0 Å². The highest BCUT2D eigenvalue weighted by atomic mass is 79.9. The second kappa shape index (κ2) is 4.34. The van der Waals surface area contributed by atoms with Gasteiger partial charge in [0.1, 0.15) is 0 Å². The highest BCUT2D eigenvalue weighted by Gasteiger charge is 2.28. The number of nitrogens with one attached hydrogen (secondary N) is 1. The third-order valence-electron chi connectivity index (χ3n) is 2.55. The molecule has 1 aromatic rings. The molecule has 86 valence electrons. The van der Waals surface area contributed by atoms with Gasteiger partial charge in [-0.2, -0.15) is 0 Å². The van der Waals surface area contributed by atoms with Crippen molar-refractivity contribution in [3.63, 3.8) is 0 Å². The average Bonchev–Trinajstić information content (AvgIpc) is 2.17. The Morgan fingerprint density at radius 2 is 2.31 bits per heavy atom. The second-order valence-corrected chi connectivity index (χ2v) is 4.77. The summed E-state index contributed by atoms with van der Waals surface area (Å²) in [6.45, 7) is 0. The third kappa shape index (κ3) is 2.30. The maximum Gasteiger partial charge on any atom is 0.312 e. The average molecular weight is 287 g/mol. The van der Waals surface area contributed by atoms with Crippen LogP contribution in [-0.2, 0) is 0 Å². The second-order valence-electron chi connectivity index (χ2n) is 3.85. The largest absolute Gasteiger partial charge is 0.361 e. The van der Waals surface area contributed by atoms with Gasteiger partial charge in [-0.1, -0.05) is 0 Å². The molecule has 0 aromatic carbocycles. The van der Waals surface area contributed by atoms with Gasteiger partial charge in [0.2, 0.25) is 5.82 Å². The Balaban J connectivity index is 2.16. The quantitative estimate of drug-likeness (QED) is 0.651. The molecule has 0 amide bonds. The van der Waals surface area contributed by atoms with Gasteiger partial charge in [-0.15, -0.1) is 0 Å².